The van der Waals surface area contributed by atoms with Crippen LogP contribution in [0, 0.1) is 5.92 Å². The van der Waals surface area contributed by atoms with Crippen molar-refractivity contribution >= 4 is 12.0 Å². The summed E-state index contributed by atoms with van der Waals surface area (Å²) in [6, 6.07) is 6.34. The van der Waals surface area contributed by atoms with E-state index in [1.54, 1.807) is 0 Å². The number of nitrogens with zero attached hydrogens (tertiary/aromatic N) is 1. The number of hydrogen-bond donors (Lipinski definition) is 1. The van der Waals surface area contributed by atoms with Gasteiger partial charge in [0.25, 0.3) is 5.91 Å². The van der Waals surface area contributed by atoms with Gasteiger partial charge in [-0.2, -0.15) is 0 Å². The van der Waals surface area contributed by atoms with Crippen LogP contribution in [0.1, 0.15) is 41.3 Å². The third-order valence-electron chi connectivity index (χ3n) is 4.33. The van der Waals surface area contributed by atoms with E-state index in [0.717, 1.165) is 30.8 Å². The minimum Gasteiger partial charge on any atom is -0.352 e. The van der Waals surface area contributed by atoms with Gasteiger partial charge in [-0.25, -0.2) is 0 Å². The first-order valence-corrected chi connectivity index (χ1v) is 7.30. The van der Waals surface area contributed by atoms with Crippen molar-refractivity contribution < 1.29 is 4.79 Å². The Balaban J connectivity index is 2.05. The van der Waals surface area contributed by atoms with Gasteiger partial charge in [-0.1, -0.05) is 23.8 Å². The van der Waals surface area contributed by atoms with E-state index in [2.05, 4.69) is 49.3 Å². The van der Waals surface area contributed by atoms with Gasteiger partial charge in [0.1, 0.15) is 0 Å². The Hall–Kier alpha value is -1.61. The number of likely N-dealkylation sites (tertiary alicyclic amines) is 1. The molecule has 0 spiro atoms. The van der Waals surface area contributed by atoms with Gasteiger partial charge in [0.2, 0.25) is 0 Å². The Kier molecular flexibility index (Phi) is 3.38. The largest absolute Gasteiger partial charge is 0.352 e. The number of fused-ring (bicyclic) bond motifs is 3. The predicted molar refractivity (Wildman–Crippen MR) is 81.8 cm³/mol. The van der Waals surface area contributed by atoms with Gasteiger partial charge in [0, 0.05) is 31.1 Å². The first-order valence-electron chi connectivity index (χ1n) is 7.30. The highest BCUT2D eigenvalue weighted by atomic mass is 16.1. The minimum atomic E-state index is 0.0843. The molecule has 20 heavy (non-hydrogen) atoms. The highest BCUT2D eigenvalue weighted by molar-refractivity contribution is 5.97. The first kappa shape index (κ1) is 13.4. The van der Waals surface area contributed by atoms with Gasteiger partial charge < -0.3 is 10.2 Å². The SMILES string of the molecule is CC(C)=Cc1ccc2c(c1)C(=O)NC[C@H]1CN(C)C[C@H]21. The molecule has 1 fully saturated rings. The Bertz CT molecular complexity index is 572. The van der Waals surface area contributed by atoms with Crippen LogP contribution in [0.4, 0.5) is 0 Å². The van der Waals surface area contributed by atoms with Crippen LogP contribution in [0.25, 0.3) is 6.08 Å². The van der Waals surface area contributed by atoms with E-state index in [0.29, 0.717) is 11.8 Å². The van der Waals surface area contributed by atoms with E-state index in [9.17, 15) is 4.79 Å². The van der Waals surface area contributed by atoms with Gasteiger partial charge in [0.05, 0.1) is 0 Å². The summed E-state index contributed by atoms with van der Waals surface area (Å²) in [5.74, 6) is 1.11. The monoisotopic (exact) mass is 270 g/mol. The second kappa shape index (κ2) is 5.06. The lowest BCUT2D eigenvalue weighted by Gasteiger charge is -2.16. The van der Waals surface area contributed by atoms with Crippen LogP contribution in [0.3, 0.4) is 0 Å². The van der Waals surface area contributed by atoms with E-state index in [1.165, 1.54) is 11.1 Å². The Morgan fingerprint density at radius 1 is 1.35 bits per heavy atom. The van der Waals surface area contributed by atoms with E-state index in [4.69, 9.17) is 0 Å². The first-order chi connectivity index (χ1) is 9.54. The Morgan fingerprint density at radius 3 is 2.90 bits per heavy atom. The lowest BCUT2D eigenvalue weighted by Crippen LogP contribution is -2.29. The summed E-state index contributed by atoms with van der Waals surface area (Å²) in [6.07, 6.45) is 2.12. The molecule has 0 unspecified atom stereocenters. The van der Waals surface area contributed by atoms with Crippen molar-refractivity contribution in [2.75, 3.05) is 26.7 Å². The van der Waals surface area contributed by atoms with E-state index >= 15 is 0 Å². The highest BCUT2D eigenvalue weighted by Gasteiger charge is 2.36. The third-order valence-corrected chi connectivity index (χ3v) is 4.33. The molecule has 0 aromatic heterocycles. The maximum atomic E-state index is 12.3. The summed E-state index contributed by atoms with van der Waals surface area (Å²) < 4.78 is 0. The van der Waals surface area contributed by atoms with Crippen LogP contribution in [-0.4, -0.2) is 37.5 Å². The molecule has 3 nitrogen and oxygen atoms in total. The molecular formula is C17H22N2O. The summed E-state index contributed by atoms with van der Waals surface area (Å²) in [7, 11) is 2.16. The maximum Gasteiger partial charge on any atom is 0.251 e. The number of carbonyl (C=O) groups is 1. The van der Waals surface area contributed by atoms with Crippen molar-refractivity contribution in [1.29, 1.82) is 0 Å². The third kappa shape index (κ3) is 2.38. The zero-order valence-electron chi connectivity index (χ0n) is 12.4. The van der Waals surface area contributed by atoms with E-state index in [-0.39, 0.29) is 5.91 Å². The van der Waals surface area contributed by atoms with Gasteiger partial charge in [-0.3, -0.25) is 4.79 Å². The molecule has 2 aliphatic rings. The summed E-state index contributed by atoms with van der Waals surface area (Å²) >= 11 is 0. The number of carbonyl (C=O) groups excluding carboxylic acids is 1. The molecule has 3 heteroatoms. The second-order valence-corrected chi connectivity index (χ2v) is 6.37. The molecule has 1 N–H and O–H groups in total. The molecule has 1 aromatic carbocycles. The lowest BCUT2D eigenvalue weighted by atomic mass is 9.86. The molecule has 0 radical (unpaired) electrons. The molecule has 1 aromatic rings. The van der Waals surface area contributed by atoms with Gasteiger partial charge >= 0.3 is 0 Å². The van der Waals surface area contributed by atoms with Crippen LogP contribution >= 0.6 is 0 Å². The molecular weight excluding hydrogens is 248 g/mol. The van der Waals surface area contributed by atoms with Crippen LogP contribution < -0.4 is 5.32 Å². The molecule has 0 aliphatic carbocycles. The van der Waals surface area contributed by atoms with Crippen molar-refractivity contribution in [2.45, 2.75) is 19.8 Å². The van der Waals surface area contributed by atoms with Crippen LogP contribution in [-0.2, 0) is 0 Å². The fourth-order valence-corrected chi connectivity index (χ4v) is 3.48. The zero-order valence-corrected chi connectivity index (χ0v) is 12.4. The minimum absolute atomic E-state index is 0.0843. The maximum absolute atomic E-state index is 12.3. The van der Waals surface area contributed by atoms with Gasteiger partial charge in [-0.15, -0.1) is 0 Å². The lowest BCUT2D eigenvalue weighted by molar-refractivity contribution is 0.0951. The molecule has 2 atom stereocenters. The smallest absolute Gasteiger partial charge is 0.251 e. The van der Waals surface area contributed by atoms with Crippen molar-refractivity contribution in [1.82, 2.24) is 10.2 Å². The summed E-state index contributed by atoms with van der Waals surface area (Å²) in [4.78, 5) is 14.7. The quantitative estimate of drug-likeness (QED) is 0.850. The molecule has 3 rings (SSSR count). The van der Waals surface area contributed by atoms with E-state index in [1.807, 2.05) is 6.07 Å². The Labute approximate surface area is 120 Å². The van der Waals surface area contributed by atoms with Crippen molar-refractivity contribution in [3.63, 3.8) is 0 Å². The zero-order chi connectivity index (χ0) is 14.3. The number of benzene rings is 1. The fraction of sp³-hybridized carbons (Fsp3) is 0.471. The van der Waals surface area contributed by atoms with Crippen LogP contribution in [0.5, 0.6) is 0 Å². The number of nitrogens with one attached hydrogen (secondary N) is 1. The van der Waals surface area contributed by atoms with Crippen LogP contribution in [0.2, 0.25) is 0 Å². The number of likely N-dealkylation sites (N-methyl/N-ethyl adjacent to an activating group) is 1. The second-order valence-electron chi connectivity index (χ2n) is 6.37. The van der Waals surface area contributed by atoms with Gasteiger partial charge in [0.15, 0.2) is 0 Å². The molecule has 0 bridgehead atoms. The molecule has 2 aliphatic heterocycles. The standard InChI is InChI=1S/C17H22N2O/c1-11(2)6-12-4-5-14-15(7-12)17(20)18-8-13-9-19(3)10-16(13)14/h4-7,13,16H,8-10H2,1-3H3,(H,18,20)/t13-,16-/m0/s1. The van der Waals surface area contributed by atoms with Gasteiger partial charge in [-0.05, 0) is 44.0 Å². The summed E-state index contributed by atoms with van der Waals surface area (Å²) in [5, 5.41) is 3.09. The number of allylic oxidation sites excluding steroid dienone is 1. The molecule has 2 heterocycles. The molecule has 106 valence electrons. The summed E-state index contributed by atoms with van der Waals surface area (Å²) in [6.45, 7) is 7.07. The topological polar surface area (TPSA) is 32.3 Å². The normalized spacial score (nSPS) is 25.4. The molecule has 1 saturated heterocycles. The molecule has 0 saturated carbocycles. The Morgan fingerprint density at radius 2 is 2.15 bits per heavy atom. The van der Waals surface area contributed by atoms with Crippen molar-refractivity contribution in [2.24, 2.45) is 5.92 Å². The highest BCUT2D eigenvalue weighted by Crippen LogP contribution is 2.35. The fourth-order valence-electron chi connectivity index (χ4n) is 3.48. The van der Waals surface area contributed by atoms with Crippen LogP contribution in [0.15, 0.2) is 23.8 Å². The number of hydrogen-bond acceptors (Lipinski definition) is 2. The average Bonchev–Trinajstić information content (AvgIpc) is 2.71. The number of rotatable bonds is 1. The number of amides is 1. The van der Waals surface area contributed by atoms with Crippen molar-refractivity contribution in [3.8, 4) is 0 Å². The average molecular weight is 270 g/mol. The van der Waals surface area contributed by atoms with E-state index < -0.39 is 0 Å². The summed E-state index contributed by atoms with van der Waals surface area (Å²) in [5.41, 5.74) is 4.45. The molecule has 1 amide bonds. The predicted octanol–water partition coefficient (Wildman–Crippen LogP) is 2.50. The van der Waals surface area contributed by atoms with Crippen molar-refractivity contribution in [3.05, 3.63) is 40.5 Å².